The van der Waals surface area contributed by atoms with Crippen LogP contribution < -0.4 is 11.3 Å². The van der Waals surface area contributed by atoms with Crippen LogP contribution in [0.15, 0.2) is 34.2 Å². The highest BCUT2D eigenvalue weighted by Gasteiger charge is 2.39. The number of hydroxylamine groups is 1. The minimum atomic E-state index is -4.67. The zero-order valence-electron chi connectivity index (χ0n) is 14.7. The van der Waals surface area contributed by atoms with Gasteiger partial charge in [-0.15, -0.1) is 0 Å². The number of carbonyl (C=O) groups excluding carboxylic acids is 2. The van der Waals surface area contributed by atoms with Gasteiger partial charge in [0.25, 0.3) is 15.6 Å². The van der Waals surface area contributed by atoms with Crippen LogP contribution in [0.3, 0.4) is 0 Å². The van der Waals surface area contributed by atoms with Gasteiger partial charge in [0.15, 0.2) is 0 Å². The first-order chi connectivity index (χ1) is 12.6. The van der Waals surface area contributed by atoms with Crippen molar-refractivity contribution in [2.75, 3.05) is 0 Å². The van der Waals surface area contributed by atoms with Gasteiger partial charge in [-0.3, -0.25) is 14.8 Å². The van der Waals surface area contributed by atoms with Crippen molar-refractivity contribution in [3.05, 3.63) is 34.9 Å². The summed E-state index contributed by atoms with van der Waals surface area (Å²) in [6.45, 7) is 3.52. The maximum atomic E-state index is 12.9. The smallest absolute Gasteiger partial charge is 0.267 e. The molecule has 1 aromatic heterocycles. The molecule has 1 heterocycles. The maximum Gasteiger partial charge on any atom is 0.267 e. The van der Waals surface area contributed by atoms with Crippen LogP contribution in [0, 0.1) is 11.8 Å². The Morgan fingerprint density at radius 2 is 2.07 bits per heavy atom. The average molecular weight is 396 g/mol. The van der Waals surface area contributed by atoms with Gasteiger partial charge in [0.05, 0.1) is 23.1 Å². The number of fused-ring (bicyclic) bond motifs is 1. The number of aromatic amines is 1. The van der Waals surface area contributed by atoms with Crippen molar-refractivity contribution in [3.63, 3.8) is 0 Å². The summed E-state index contributed by atoms with van der Waals surface area (Å²) in [5, 5.41) is 10.3. The fraction of sp³-hybridized carbons (Fsp3) is 0.375. The molecular formula is C16H20N4O6S. The Morgan fingerprint density at radius 1 is 1.41 bits per heavy atom. The number of benzene rings is 1. The molecule has 2 rings (SSSR count). The zero-order chi connectivity index (χ0) is 20.4. The molecule has 11 heteroatoms. The number of aromatic nitrogens is 2. The van der Waals surface area contributed by atoms with E-state index in [1.165, 1.54) is 12.1 Å². The van der Waals surface area contributed by atoms with Gasteiger partial charge >= 0.3 is 0 Å². The highest BCUT2D eigenvalue weighted by atomic mass is 32.2. The minimum Gasteiger partial charge on any atom is -0.369 e. The predicted molar refractivity (Wildman–Crippen MR) is 95.2 cm³/mol. The molecule has 0 aliphatic rings. The molecule has 0 saturated heterocycles. The Morgan fingerprint density at radius 3 is 2.63 bits per heavy atom. The number of sulfonamides is 1. The summed E-state index contributed by atoms with van der Waals surface area (Å²) in [6, 6.07) is 2.09. The molecule has 1 amide bonds. The van der Waals surface area contributed by atoms with Gasteiger partial charge < -0.3 is 15.5 Å². The molecule has 0 saturated carbocycles. The molecule has 0 fully saturated rings. The third-order valence-corrected chi connectivity index (χ3v) is 5.68. The normalized spacial score (nSPS) is 14.4. The first-order valence-corrected chi connectivity index (χ1v) is 9.49. The number of amides is 1. The number of nitrogens with one attached hydrogen (secondary N) is 1. The van der Waals surface area contributed by atoms with Crippen molar-refractivity contribution < 1.29 is 23.2 Å². The van der Waals surface area contributed by atoms with E-state index in [1.807, 2.05) is 0 Å². The van der Waals surface area contributed by atoms with Crippen LogP contribution in [0.1, 0.15) is 20.3 Å². The van der Waals surface area contributed by atoms with E-state index < -0.39 is 38.3 Å². The van der Waals surface area contributed by atoms with E-state index >= 15 is 0 Å². The zero-order valence-corrected chi connectivity index (χ0v) is 15.5. The SMILES string of the molecule is CC(C)C[C@@H](C(N)=O)[C@@H](C=O)N(O)S(=O)(=O)c1cccc2c(=O)[nH]cnc12. The Labute approximate surface area is 155 Å². The number of aldehydes is 1. The molecule has 27 heavy (non-hydrogen) atoms. The molecule has 2 atom stereocenters. The molecule has 0 aliphatic heterocycles. The van der Waals surface area contributed by atoms with E-state index in [4.69, 9.17) is 5.73 Å². The highest BCUT2D eigenvalue weighted by Crippen LogP contribution is 2.26. The first kappa shape index (κ1) is 20.7. The number of primary amides is 1. The Bertz CT molecular complexity index is 1020. The average Bonchev–Trinajstić information content (AvgIpc) is 2.60. The standard InChI is InChI=1S/C16H20N4O6S/c1-9(2)6-11(15(17)22)12(7-21)20(24)27(25,26)13-5-3-4-10-14(13)18-8-19-16(10)23/h3-5,7-9,11-12,24H,6H2,1-2H3,(H2,17,22)(H,18,19,23)/t11-,12-/m1/s1. The summed E-state index contributed by atoms with van der Waals surface area (Å²) in [5.41, 5.74) is 4.56. The lowest BCUT2D eigenvalue weighted by atomic mass is 9.91. The van der Waals surface area contributed by atoms with Gasteiger partial charge in [0.2, 0.25) is 5.91 Å². The number of nitrogens with two attached hydrogens (primary N) is 1. The van der Waals surface area contributed by atoms with Crippen LogP contribution in [-0.4, -0.2) is 46.3 Å². The van der Waals surface area contributed by atoms with Crippen molar-refractivity contribution in [1.29, 1.82) is 0 Å². The van der Waals surface area contributed by atoms with Crippen molar-refractivity contribution in [1.82, 2.24) is 14.4 Å². The van der Waals surface area contributed by atoms with Gasteiger partial charge in [0.1, 0.15) is 17.2 Å². The lowest BCUT2D eigenvalue weighted by Crippen LogP contribution is -2.48. The lowest BCUT2D eigenvalue weighted by Gasteiger charge is -2.27. The number of H-pyrrole nitrogens is 1. The molecule has 0 aliphatic carbocycles. The monoisotopic (exact) mass is 396 g/mol. The highest BCUT2D eigenvalue weighted by molar-refractivity contribution is 7.89. The molecule has 146 valence electrons. The number of hydrogen-bond donors (Lipinski definition) is 3. The van der Waals surface area contributed by atoms with E-state index in [2.05, 4.69) is 9.97 Å². The van der Waals surface area contributed by atoms with Crippen molar-refractivity contribution in [2.45, 2.75) is 31.2 Å². The number of carbonyl (C=O) groups is 2. The van der Waals surface area contributed by atoms with Gasteiger partial charge in [-0.2, -0.15) is 0 Å². The second-order valence-electron chi connectivity index (χ2n) is 6.43. The topological polar surface area (TPSA) is 164 Å². The molecule has 2 aromatic rings. The van der Waals surface area contributed by atoms with E-state index in [0.717, 1.165) is 12.4 Å². The van der Waals surface area contributed by atoms with Crippen LogP contribution in [0.25, 0.3) is 10.9 Å². The summed E-state index contributed by atoms with van der Waals surface area (Å²) >= 11 is 0. The molecule has 0 bridgehead atoms. The molecular weight excluding hydrogens is 376 g/mol. The molecule has 0 spiro atoms. The largest absolute Gasteiger partial charge is 0.369 e. The third kappa shape index (κ3) is 4.04. The Balaban J connectivity index is 2.58. The van der Waals surface area contributed by atoms with Gasteiger partial charge in [0, 0.05) is 0 Å². The van der Waals surface area contributed by atoms with E-state index in [0.29, 0.717) is 0 Å². The summed E-state index contributed by atoms with van der Waals surface area (Å²) in [6.07, 6.45) is 1.27. The molecule has 10 nitrogen and oxygen atoms in total. The number of rotatable bonds is 8. The first-order valence-electron chi connectivity index (χ1n) is 8.05. The Hall–Kier alpha value is -2.63. The van der Waals surface area contributed by atoms with Crippen molar-refractivity contribution >= 4 is 33.1 Å². The Kier molecular flexibility index (Phi) is 6.08. The second-order valence-corrected chi connectivity index (χ2v) is 8.19. The number of para-hydroxylation sites is 1. The fourth-order valence-electron chi connectivity index (χ4n) is 2.77. The summed E-state index contributed by atoms with van der Waals surface area (Å²) < 4.78 is 25.6. The number of nitrogens with zero attached hydrogens (tertiary/aromatic N) is 2. The van der Waals surface area contributed by atoms with Gasteiger partial charge in [-0.1, -0.05) is 24.4 Å². The van der Waals surface area contributed by atoms with E-state index in [1.54, 1.807) is 13.8 Å². The van der Waals surface area contributed by atoms with Crippen molar-refractivity contribution in [2.24, 2.45) is 17.6 Å². The van der Waals surface area contributed by atoms with Crippen LogP contribution in [0.5, 0.6) is 0 Å². The van der Waals surface area contributed by atoms with Crippen LogP contribution in [-0.2, 0) is 19.6 Å². The third-order valence-electron chi connectivity index (χ3n) is 4.05. The summed E-state index contributed by atoms with van der Waals surface area (Å²) in [7, 11) is -4.67. The lowest BCUT2D eigenvalue weighted by molar-refractivity contribution is -0.136. The maximum absolute atomic E-state index is 12.9. The molecule has 0 radical (unpaired) electrons. The van der Waals surface area contributed by atoms with Crippen LogP contribution >= 0.6 is 0 Å². The van der Waals surface area contributed by atoms with Crippen LogP contribution in [0.2, 0.25) is 0 Å². The number of hydrogen-bond acceptors (Lipinski definition) is 7. The summed E-state index contributed by atoms with van der Waals surface area (Å²) in [5.74, 6) is -2.23. The van der Waals surface area contributed by atoms with E-state index in [-0.39, 0.29) is 34.0 Å². The quantitative estimate of drug-likeness (QED) is 0.418. The minimum absolute atomic E-state index is 0.0109. The van der Waals surface area contributed by atoms with Gasteiger partial charge in [-0.25, -0.2) is 13.4 Å². The predicted octanol–water partition coefficient (Wildman–Crippen LogP) is 0.0181. The van der Waals surface area contributed by atoms with Crippen LogP contribution in [0.4, 0.5) is 0 Å². The second kappa shape index (κ2) is 7.94. The van der Waals surface area contributed by atoms with Gasteiger partial charge in [-0.05, 0) is 24.5 Å². The fourth-order valence-corrected chi connectivity index (χ4v) is 4.15. The summed E-state index contributed by atoms with van der Waals surface area (Å²) in [4.78, 5) is 40.8. The molecule has 1 aromatic carbocycles. The molecule has 0 unspecified atom stereocenters. The van der Waals surface area contributed by atoms with E-state index in [9.17, 15) is 28.0 Å². The van der Waals surface area contributed by atoms with Crippen molar-refractivity contribution in [3.8, 4) is 0 Å². The molecule has 4 N–H and O–H groups in total.